The number of benzene rings is 3. The smallest absolute Gasteiger partial charge is 0.349 e. The summed E-state index contributed by atoms with van der Waals surface area (Å²) in [5, 5.41) is 2.90. The minimum atomic E-state index is -0.557. The summed E-state index contributed by atoms with van der Waals surface area (Å²) < 4.78 is 16.3. The Balaban J connectivity index is 1.56. The SMILES string of the molecule is CCOc1ccccc1OCC(=O)Oc1ccc(C(=O)Nc2cc(C)ccc2C)cc1. The molecule has 1 N–H and O–H groups in total. The van der Waals surface area contributed by atoms with Crippen molar-refractivity contribution in [1.82, 2.24) is 0 Å². The maximum Gasteiger partial charge on any atom is 0.349 e. The third kappa shape index (κ3) is 6.09. The zero-order valence-corrected chi connectivity index (χ0v) is 17.8. The van der Waals surface area contributed by atoms with Crippen molar-refractivity contribution in [3.63, 3.8) is 0 Å². The van der Waals surface area contributed by atoms with Crippen molar-refractivity contribution in [2.24, 2.45) is 0 Å². The van der Waals surface area contributed by atoms with Gasteiger partial charge in [-0.3, -0.25) is 4.79 Å². The second-order valence-corrected chi connectivity index (χ2v) is 6.94. The van der Waals surface area contributed by atoms with Crippen LogP contribution in [0.3, 0.4) is 0 Å². The van der Waals surface area contributed by atoms with E-state index in [2.05, 4.69) is 5.32 Å². The molecule has 0 radical (unpaired) electrons. The summed E-state index contributed by atoms with van der Waals surface area (Å²) in [6.07, 6.45) is 0. The minimum absolute atomic E-state index is 0.234. The van der Waals surface area contributed by atoms with Gasteiger partial charge in [0.1, 0.15) is 5.75 Å². The maximum atomic E-state index is 12.5. The van der Waals surface area contributed by atoms with Crippen molar-refractivity contribution < 1.29 is 23.8 Å². The highest BCUT2D eigenvalue weighted by atomic mass is 16.6. The van der Waals surface area contributed by atoms with E-state index >= 15 is 0 Å². The van der Waals surface area contributed by atoms with E-state index in [1.165, 1.54) is 0 Å². The van der Waals surface area contributed by atoms with Gasteiger partial charge in [-0.1, -0.05) is 24.3 Å². The molecule has 0 saturated heterocycles. The van der Waals surface area contributed by atoms with Crippen molar-refractivity contribution in [3.8, 4) is 17.2 Å². The van der Waals surface area contributed by atoms with Gasteiger partial charge in [0.05, 0.1) is 6.61 Å². The fraction of sp³-hybridized carbons (Fsp3) is 0.200. The lowest BCUT2D eigenvalue weighted by Crippen LogP contribution is -2.18. The quantitative estimate of drug-likeness (QED) is 0.414. The molecule has 0 aliphatic carbocycles. The zero-order chi connectivity index (χ0) is 22.2. The van der Waals surface area contributed by atoms with Crippen LogP contribution in [0.25, 0.3) is 0 Å². The number of amides is 1. The molecule has 0 fully saturated rings. The Morgan fingerprint density at radius 2 is 1.55 bits per heavy atom. The van der Waals surface area contributed by atoms with Gasteiger partial charge in [-0.15, -0.1) is 0 Å². The number of ether oxygens (including phenoxy) is 3. The zero-order valence-electron chi connectivity index (χ0n) is 17.8. The molecule has 0 unspecified atom stereocenters. The number of aryl methyl sites for hydroxylation is 2. The third-order valence-corrected chi connectivity index (χ3v) is 4.48. The van der Waals surface area contributed by atoms with E-state index in [0.29, 0.717) is 29.4 Å². The van der Waals surface area contributed by atoms with Crippen molar-refractivity contribution in [3.05, 3.63) is 83.4 Å². The number of anilines is 1. The van der Waals surface area contributed by atoms with E-state index < -0.39 is 5.97 Å². The minimum Gasteiger partial charge on any atom is -0.490 e. The molecule has 0 aliphatic rings. The summed E-state index contributed by atoms with van der Waals surface area (Å²) in [5.41, 5.74) is 3.28. The molecule has 3 aromatic rings. The summed E-state index contributed by atoms with van der Waals surface area (Å²) in [7, 11) is 0. The molecule has 1 amide bonds. The van der Waals surface area contributed by atoms with Crippen LogP contribution >= 0.6 is 0 Å². The van der Waals surface area contributed by atoms with Gasteiger partial charge in [-0.05, 0) is 74.4 Å². The summed E-state index contributed by atoms with van der Waals surface area (Å²) in [6, 6.07) is 19.4. The van der Waals surface area contributed by atoms with Gasteiger partial charge in [0.25, 0.3) is 5.91 Å². The summed E-state index contributed by atoms with van der Waals surface area (Å²) in [4.78, 5) is 24.6. The molecule has 3 rings (SSSR count). The molecular formula is C25H25NO5. The fourth-order valence-electron chi connectivity index (χ4n) is 2.88. The molecule has 0 heterocycles. The first-order valence-electron chi connectivity index (χ1n) is 10.00. The third-order valence-electron chi connectivity index (χ3n) is 4.48. The van der Waals surface area contributed by atoms with E-state index in [1.807, 2.05) is 45.0 Å². The first-order valence-corrected chi connectivity index (χ1v) is 10.00. The molecule has 0 saturated carbocycles. The van der Waals surface area contributed by atoms with E-state index in [0.717, 1.165) is 16.8 Å². The average Bonchev–Trinajstić information content (AvgIpc) is 2.76. The normalized spacial score (nSPS) is 10.3. The number of rotatable bonds is 8. The van der Waals surface area contributed by atoms with Gasteiger partial charge in [0, 0.05) is 11.3 Å². The maximum absolute atomic E-state index is 12.5. The second-order valence-electron chi connectivity index (χ2n) is 6.94. The molecule has 0 aliphatic heterocycles. The average molecular weight is 419 g/mol. The molecule has 3 aromatic carbocycles. The second kappa shape index (κ2) is 10.3. The summed E-state index contributed by atoms with van der Waals surface area (Å²) in [6.45, 7) is 6.01. The van der Waals surface area contributed by atoms with Crippen LogP contribution in [0.2, 0.25) is 0 Å². The Morgan fingerprint density at radius 1 is 0.871 bits per heavy atom. The van der Waals surface area contributed by atoms with Crippen molar-refractivity contribution in [2.45, 2.75) is 20.8 Å². The number of para-hydroxylation sites is 2. The number of hydrogen-bond acceptors (Lipinski definition) is 5. The molecule has 0 bridgehead atoms. The summed E-state index contributed by atoms with van der Waals surface area (Å²) in [5.74, 6) is 0.577. The molecule has 0 spiro atoms. The van der Waals surface area contributed by atoms with Crippen LogP contribution in [0.5, 0.6) is 17.2 Å². The van der Waals surface area contributed by atoms with Gasteiger partial charge < -0.3 is 19.5 Å². The molecule has 0 aromatic heterocycles. The lowest BCUT2D eigenvalue weighted by Gasteiger charge is -2.11. The predicted octanol–water partition coefficient (Wildman–Crippen LogP) is 4.94. The first-order chi connectivity index (χ1) is 15.0. The highest BCUT2D eigenvalue weighted by molar-refractivity contribution is 6.04. The van der Waals surface area contributed by atoms with Crippen LogP contribution in [-0.4, -0.2) is 25.1 Å². The van der Waals surface area contributed by atoms with E-state index in [1.54, 1.807) is 42.5 Å². The van der Waals surface area contributed by atoms with Crippen LogP contribution in [-0.2, 0) is 4.79 Å². The monoisotopic (exact) mass is 419 g/mol. The Labute approximate surface area is 181 Å². The van der Waals surface area contributed by atoms with E-state index in [-0.39, 0.29) is 12.5 Å². The Bertz CT molecular complexity index is 1060. The van der Waals surface area contributed by atoms with Crippen molar-refractivity contribution >= 4 is 17.6 Å². The topological polar surface area (TPSA) is 73.9 Å². The van der Waals surface area contributed by atoms with Gasteiger partial charge in [-0.2, -0.15) is 0 Å². The van der Waals surface area contributed by atoms with E-state index in [9.17, 15) is 9.59 Å². The number of esters is 1. The first kappa shape index (κ1) is 21.9. The predicted molar refractivity (Wildman–Crippen MR) is 119 cm³/mol. The standard InChI is InChI=1S/C25H25NO5/c1-4-29-22-7-5-6-8-23(22)30-16-24(27)31-20-13-11-19(12-14-20)25(28)26-21-15-17(2)9-10-18(21)3/h5-15H,4,16H2,1-3H3,(H,26,28). The van der Waals surface area contributed by atoms with Crippen molar-refractivity contribution in [2.75, 3.05) is 18.5 Å². The highest BCUT2D eigenvalue weighted by Crippen LogP contribution is 2.26. The lowest BCUT2D eigenvalue weighted by atomic mass is 10.1. The molecule has 0 atom stereocenters. The Morgan fingerprint density at radius 3 is 2.23 bits per heavy atom. The molecule has 160 valence electrons. The Kier molecular flexibility index (Phi) is 7.27. The number of carbonyl (C=O) groups is 2. The van der Waals surface area contributed by atoms with Gasteiger partial charge in [0.2, 0.25) is 0 Å². The van der Waals surface area contributed by atoms with Gasteiger partial charge in [-0.25, -0.2) is 4.79 Å². The molecule has 6 nitrogen and oxygen atoms in total. The molecular weight excluding hydrogens is 394 g/mol. The lowest BCUT2D eigenvalue weighted by molar-refractivity contribution is -0.136. The van der Waals surface area contributed by atoms with Crippen LogP contribution in [0.4, 0.5) is 5.69 Å². The van der Waals surface area contributed by atoms with Crippen LogP contribution in [0.15, 0.2) is 66.7 Å². The van der Waals surface area contributed by atoms with Crippen LogP contribution < -0.4 is 19.5 Å². The number of carbonyl (C=O) groups excluding carboxylic acids is 2. The largest absolute Gasteiger partial charge is 0.490 e. The highest BCUT2D eigenvalue weighted by Gasteiger charge is 2.11. The van der Waals surface area contributed by atoms with Crippen molar-refractivity contribution in [1.29, 1.82) is 0 Å². The summed E-state index contributed by atoms with van der Waals surface area (Å²) >= 11 is 0. The molecule has 31 heavy (non-hydrogen) atoms. The van der Waals surface area contributed by atoms with Gasteiger partial charge >= 0.3 is 5.97 Å². The number of nitrogens with one attached hydrogen (secondary N) is 1. The van der Waals surface area contributed by atoms with E-state index in [4.69, 9.17) is 14.2 Å². The Hall–Kier alpha value is -3.80. The molecule has 6 heteroatoms. The van der Waals surface area contributed by atoms with Crippen LogP contribution in [0.1, 0.15) is 28.4 Å². The number of hydrogen-bond donors (Lipinski definition) is 1. The van der Waals surface area contributed by atoms with Gasteiger partial charge in [0.15, 0.2) is 18.1 Å². The fourth-order valence-corrected chi connectivity index (χ4v) is 2.88. The van der Waals surface area contributed by atoms with Crippen LogP contribution in [0, 0.1) is 13.8 Å².